The van der Waals surface area contributed by atoms with Gasteiger partial charge in [-0.3, -0.25) is 5.43 Å². The van der Waals surface area contributed by atoms with Crippen molar-refractivity contribution in [2.45, 2.75) is 0 Å². The largest absolute Gasteiger partial charge is 0.504 e. The average Bonchev–Trinajstić information content (AvgIpc) is 2.68. The highest BCUT2D eigenvalue weighted by Crippen LogP contribution is 2.51. The zero-order valence-electron chi connectivity index (χ0n) is 13.3. The van der Waals surface area contributed by atoms with E-state index in [1.54, 1.807) is 12.1 Å². The third kappa shape index (κ3) is 3.97. The van der Waals surface area contributed by atoms with Crippen LogP contribution < -0.4 is 10.9 Å². The molecule has 0 aliphatic rings. The van der Waals surface area contributed by atoms with Gasteiger partial charge in [-0.1, -0.05) is 36.4 Å². The van der Waals surface area contributed by atoms with Crippen LogP contribution in [0.25, 0.3) is 0 Å². The summed E-state index contributed by atoms with van der Waals surface area (Å²) in [5, 5.41) is 29.0. The van der Waals surface area contributed by atoms with Gasteiger partial charge in [-0.15, -0.1) is 5.11 Å². The van der Waals surface area contributed by atoms with Crippen LogP contribution in [0.1, 0.15) is 0 Å². The maximum absolute atomic E-state index is 10.5. The molecule has 0 saturated carbocycles. The monoisotopic (exact) mass is 476 g/mol. The molecule has 0 spiro atoms. The Bertz CT molecular complexity index is 906. The Morgan fingerprint density at radius 2 is 1.31 bits per heavy atom. The lowest BCUT2D eigenvalue weighted by Crippen LogP contribution is -2.09. The van der Waals surface area contributed by atoms with Crippen LogP contribution >= 0.6 is 31.9 Å². The molecule has 0 bridgehead atoms. The molecule has 0 aliphatic heterocycles. The number of nitrogens with zero attached hydrogens (tertiary/aromatic N) is 2. The fourth-order valence-electron chi connectivity index (χ4n) is 2.12. The molecule has 0 aromatic heterocycles. The highest BCUT2D eigenvalue weighted by molar-refractivity contribution is 9.11. The third-order valence-electron chi connectivity index (χ3n) is 3.43. The van der Waals surface area contributed by atoms with Gasteiger partial charge in [-0.05, 0) is 56.1 Å². The minimum Gasteiger partial charge on any atom is -0.504 e. The summed E-state index contributed by atoms with van der Waals surface area (Å²) in [6.07, 6.45) is 0. The molecule has 6 nitrogen and oxygen atoms in total. The molecule has 3 aromatic carbocycles. The number of nitrogens with one attached hydrogen (secondary N) is 2. The van der Waals surface area contributed by atoms with E-state index in [4.69, 9.17) is 0 Å². The highest BCUT2D eigenvalue weighted by atomic mass is 79.9. The first kappa shape index (κ1) is 18.2. The normalized spacial score (nSPS) is 10.8. The SMILES string of the molecule is Oc1c(Br)c(NNc2ccccc2)c(O)c(Br)c1N=Nc1ccccc1. The fourth-order valence-corrected chi connectivity index (χ4v) is 3.06. The molecule has 26 heavy (non-hydrogen) atoms. The molecule has 4 N–H and O–H groups in total. The molecule has 0 atom stereocenters. The lowest BCUT2D eigenvalue weighted by atomic mass is 10.2. The van der Waals surface area contributed by atoms with E-state index in [-0.39, 0.29) is 31.8 Å². The molecule has 0 amide bonds. The van der Waals surface area contributed by atoms with Crippen LogP contribution in [0, 0.1) is 0 Å². The number of hydrogen-bond donors (Lipinski definition) is 4. The second-order valence-corrected chi connectivity index (χ2v) is 6.79. The smallest absolute Gasteiger partial charge is 0.161 e. The topological polar surface area (TPSA) is 89.2 Å². The van der Waals surface area contributed by atoms with Crippen LogP contribution in [-0.2, 0) is 0 Å². The van der Waals surface area contributed by atoms with Crippen LogP contribution in [0.3, 0.4) is 0 Å². The van der Waals surface area contributed by atoms with E-state index in [1.165, 1.54) is 0 Å². The average molecular weight is 478 g/mol. The van der Waals surface area contributed by atoms with Gasteiger partial charge in [0.15, 0.2) is 11.5 Å². The second-order valence-electron chi connectivity index (χ2n) is 5.20. The predicted molar refractivity (Wildman–Crippen MR) is 109 cm³/mol. The number of phenols is 2. The molecule has 0 unspecified atom stereocenters. The number of aromatic hydroxyl groups is 2. The summed E-state index contributed by atoms with van der Waals surface area (Å²) in [5.41, 5.74) is 7.62. The number of azo groups is 1. The molecular formula is C18H14Br2N4O2. The summed E-state index contributed by atoms with van der Waals surface area (Å²) in [6.45, 7) is 0. The Hall–Kier alpha value is -2.58. The minimum atomic E-state index is -0.160. The van der Waals surface area contributed by atoms with Crippen LogP contribution in [-0.4, -0.2) is 10.2 Å². The van der Waals surface area contributed by atoms with Crippen molar-refractivity contribution >= 4 is 54.6 Å². The van der Waals surface area contributed by atoms with E-state index >= 15 is 0 Å². The number of para-hydroxylation sites is 1. The first-order valence-electron chi connectivity index (χ1n) is 7.54. The summed E-state index contributed by atoms with van der Waals surface area (Å²) in [4.78, 5) is 0. The molecular weight excluding hydrogens is 464 g/mol. The van der Waals surface area contributed by atoms with E-state index in [1.807, 2.05) is 48.5 Å². The van der Waals surface area contributed by atoms with Crippen LogP contribution in [0.15, 0.2) is 79.8 Å². The second kappa shape index (κ2) is 8.20. The maximum Gasteiger partial charge on any atom is 0.161 e. The van der Waals surface area contributed by atoms with Crippen molar-refractivity contribution in [2.24, 2.45) is 10.2 Å². The van der Waals surface area contributed by atoms with Gasteiger partial charge in [0.05, 0.1) is 20.3 Å². The van der Waals surface area contributed by atoms with Gasteiger partial charge in [0, 0.05) is 0 Å². The lowest BCUT2D eigenvalue weighted by molar-refractivity contribution is 0.457. The van der Waals surface area contributed by atoms with Crippen molar-refractivity contribution in [3.8, 4) is 11.5 Å². The van der Waals surface area contributed by atoms with Gasteiger partial charge < -0.3 is 15.6 Å². The summed E-state index contributed by atoms with van der Waals surface area (Å²) in [5.74, 6) is -0.285. The van der Waals surface area contributed by atoms with E-state index < -0.39 is 0 Å². The zero-order chi connectivity index (χ0) is 18.5. The van der Waals surface area contributed by atoms with Crippen LogP contribution in [0.4, 0.5) is 22.7 Å². The quantitative estimate of drug-likeness (QED) is 0.146. The molecule has 3 rings (SSSR count). The standard InChI is InChI=1S/C18H14Br2N4O2/c19-13-15(23-21-11-7-3-1-4-8-11)17(25)14(20)16(18(13)26)24-22-12-9-5-2-6-10-12/h1-10,21,23,25-26H. The lowest BCUT2D eigenvalue weighted by Gasteiger charge is -2.16. The van der Waals surface area contributed by atoms with Gasteiger partial charge in [-0.25, -0.2) is 0 Å². The molecule has 3 aromatic rings. The van der Waals surface area contributed by atoms with Crippen molar-refractivity contribution in [1.29, 1.82) is 0 Å². The Kier molecular flexibility index (Phi) is 5.75. The molecule has 8 heteroatoms. The fraction of sp³-hybridized carbons (Fsp3) is 0. The predicted octanol–water partition coefficient (Wildman–Crippen LogP) is 6.48. The van der Waals surface area contributed by atoms with E-state index in [2.05, 4.69) is 52.9 Å². The van der Waals surface area contributed by atoms with Crippen molar-refractivity contribution in [2.75, 3.05) is 10.9 Å². The van der Waals surface area contributed by atoms with Crippen LogP contribution in [0.2, 0.25) is 0 Å². The first-order chi connectivity index (χ1) is 12.6. The minimum absolute atomic E-state index is 0.114. The zero-order valence-corrected chi connectivity index (χ0v) is 16.5. The van der Waals surface area contributed by atoms with Gasteiger partial charge in [0.2, 0.25) is 0 Å². The van der Waals surface area contributed by atoms with E-state index in [0.717, 1.165) is 5.69 Å². The Labute approximate surface area is 166 Å². The number of hydrazine groups is 1. The molecule has 0 radical (unpaired) electrons. The van der Waals surface area contributed by atoms with Crippen molar-refractivity contribution in [1.82, 2.24) is 0 Å². The summed E-state index contributed by atoms with van der Waals surface area (Å²) in [7, 11) is 0. The van der Waals surface area contributed by atoms with Crippen molar-refractivity contribution in [3.05, 3.63) is 69.6 Å². The summed E-state index contributed by atoms with van der Waals surface area (Å²) < 4.78 is 0.471. The third-order valence-corrected chi connectivity index (χ3v) is 4.95. The molecule has 0 saturated heterocycles. The van der Waals surface area contributed by atoms with Crippen molar-refractivity contribution < 1.29 is 10.2 Å². The van der Waals surface area contributed by atoms with Crippen molar-refractivity contribution in [3.63, 3.8) is 0 Å². The van der Waals surface area contributed by atoms with Gasteiger partial charge in [-0.2, -0.15) is 5.11 Å². The first-order valence-corrected chi connectivity index (χ1v) is 9.13. The van der Waals surface area contributed by atoms with Gasteiger partial charge in [0.25, 0.3) is 0 Å². The highest BCUT2D eigenvalue weighted by Gasteiger charge is 2.21. The number of hydrogen-bond acceptors (Lipinski definition) is 6. The van der Waals surface area contributed by atoms with Gasteiger partial charge in [0.1, 0.15) is 11.4 Å². The van der Waals surface area contributed by atoms with E-state index in [0.29, 0.717) is 5.69 Å². The van der Waals surface area contributed by atoms with Crippen LogP contribution in [0.5, 0.6) is 11.5 Å². The Morgan fingerprint density at radius 3 is 1.96 bits per heavy atom. The summed E-state index contributed by atoms with van der Waals surface area (Å²) >= 11 is 6.54. The Morgan fingerprint density at radius 1 is 0.692 bits per heavy atom. The maximum atomic E-state index is 10.5. The molecule has 0 aliphatic carbocycles. The van der Waals surface area contributed by atoms with E-state index in [9.17, 15) is 10.2 Å². The number of rotatable bonds is 5. The van der Waals surface area contributed by atoms with Gasteiger partial charge >= 0.3 is 0 Å². The Balaban J connectivity index is 1.91. The summed E-state index contributed by atoms with van der Waals surface area (Å²) in [6, 6.07) is 18.5. The molecule has 0 heterocycles. The number of phenolic OH excluding ortho intramolecular Hbond substituents is 2. The number of halogens is 2. The number of benzene rings is 3. The molecule has 132 valence electrons. The number of anilines is 2. The molecule has 0 fully saturated rings.